The predicted octanol–water partition coefficient (Wildman–Crippen LogP) is 3.73. The van der Waals surface area contributed by atoms with Crippen LogP contribution in [0.5, 0.6) is 0 Å². The molecule has 2 atom stereocenters. The molecule has 2 unspecified atom stereocenters. The molecule has 1 amide bonds. The van der Waals surface area contributed by atoms with E-state index >= 15 is 0 Å². The van der Waals surface area contributed by atoms with Crippen molar-refractivity contribution >= 4 is 29.2 Å². The van der Waals surface area contributed by atoms with Crippen LogP contribution in [0.4, 0.5) is 5.82 Å². The van der Waals surface area contributed by atoms with E-state index in [1.807, 2.05) is 42.5 Å². The number of nitrogens with zero attached hydrogens (tertiary/aromatic N) is 2. The molecule has 1 aliphatic heterocycles. The Kier molecular flexibility index (Phi) is 6.78. The summed E-state index contributed by atoms with van der Waals surface area (Å²) in [4.78, 5) is 31.4. The predicted molar refractivity (Wildman–Crippen MR) is 141 cm³/mol. The molecule has 2 aliphatic rings. The van der Waals surface area contributed by atoms with Crippen molar-refractivity contribution < 1.29 is 4.79 Å². The van der Waals surface area contributed by atoms with Crippen molar-refractivity contribution in [2.45, 2.75) is 56.7 Å². The number of benzene rings is 2. The van der Waals surface area contributed by atoms with Crippen molar-refractivity contribution in [3.63, 3.8) is 0 Å². The number of aromatic nitrogens is 2. The zero-order valence-electron chi connectivity index (χ0n) is 19.8. The van der Waals surface area contributed by atoms with Crippen LogP contribution in [0.3, 0.4) is 0 Å². The molecule has 1 fully saturated rings. The molecule has 186 valence electrons. The van der Waals surface area contributed by atoms with Crippen LogP contribution in [0.1, 0.15) is 60.0 Å². The van der Waals surface area contributed by atoms with Gasteiger partial charge in [-0.15, -0.1) is 0 Å². The molecule has 1 aliphatic carbocycles. The Morgan fingerprint density at radius 1 is 1.11 bits per heavy atom. The van der Waals surface area contributed by atoms with E-state index in [1.54, 1.807) is 16.7 Å². The Morgan fingerprint density at radius 3 is 2.47 bits per heavy atom. The Labute approximate surface area is 214 Å². The topological polar surface area (TPSA) is 126 Å². The number of nitrogen functional groups attached to an aromatic ring is 1. The molecule has 0 spiro atoms. The summed E-state index contributed by atoms with van der Waals surface area (Å²) < 4.78 is 1.55. The third-order valence-electron chi connectivity index (χ3n) is 7.11. The van der Waals surface area contributed by atoms with Gasteiger partial charge < -0.3 is 16.4 Å². The van der Waals surface area contributed by atoms with Crippen LogP contribution in [0.2, 0.25) is 5.15 Å². The van der Waals surface area contributed by atoms with Gasteiger partial charge in [-0.1, -0.05) is 66.2 Å². The van der Waals surface area contributed by atoms with Gasteiger partial charge in [0.05, 0.1) is 5.69 Å². The first-order valence-electron chi connectivity index (χ1n) is 12.2. The number of amidine groups is 1. The maximum atomic E-state index is 13.5. The molecule has 2 heterocycles. The van der Waals surface area contributed by atoms with Gasteiger partial charge in [0.2, 0.25) is 5.91 Å². The van der Waals surface area contributed by atoms with E-state index in [4.69, 9.17) is 22.7 Å². The van der Waals surface area contributed by atoms with Crippen LogP contribution in [-0.2, 0) is 17.8 Å². The number of nitrogens with one attached hydrogen (secondary N) is 3. The summed E-state index contributed by atoms with van der Waals surface area (Å²) in [6, 6.07) is 16.7. The number of amides is 1. The molecule has 5 rings (SSSR count). The maximum absolute atomic E-state index is 13.5. The average molecular weight is 505 g/mol. The highest BCUT2D eigenvalue weighted by molar-refractivity contribution is 6.30. The average Bonchev–Trinajstić information content (AvgIpc) is 3.23. The molecular formula is C27H29ClN6O2. The fourth-order valence-corrected chi connectivity index (χ4v) is 5.27. The zero-order chi connectivity index (χ0) is 25.2. The Hall–Kier alpha value is -3.65. The first-order valence-corrected chi connectivity index (χ1v) is 12.6. The molecule has 5 N–H and O–H groups in total. The molecule has 3 aromatic rings. The lowest BCUT2D eigenvalue weighted by molar-refractivity contribution is -0.124. The fraction of sp³-hybridized carbons (Fsp3) is 0.333. The lowest BCUT2D eigenvalue weighted by Crippen LogP contribution is -2.38. The van der Waals surface area contributed by atoms with Gasteiger partial charge in [0.1, 0.15) is 11.9 Å². The molecule has 8 nitrogen and oxygen atoms in total. The lowest BCUT2D eigenvalue weighted by atomic mass is 9.93. The van der Waals surface area contributed by atoms with Crippen LogP contribution >= 0.6 is 11.6 Å². The highest BCUT2D eigenvalue weighted by Crippen LogP contribution is 2.40. The van der Waals surface area contributed by atoms with E-state index in [9.17, 15) is 9.59 Å². The summed E-state index contributed by atoms with van der Waals surface area (Å²) in [6.07, 6.45) is 4.23. The third kappa shape index (κ3) is 4.86. The molecular weight excluding hydrogens is 476 g/mol. The van der Waals surface area contributed by atoms with Gasteiger partial charge in [0.15, 0.2) is 11.0 Å². The number of halogens is 1. The highest BCUT2D eigenvalue weighted by Gasteiger charge is 2.39. The summed E-state index contributed by atoms with van der Waals surface area (Å²) in [5.74, 6) is -0.134. The van der Waals surface area contributed by atoms with E-state index in [0.717, 1.165) is 30.4 Å². The summed E-state index contributed by atoms with van der Waals surface area (Å²) in [6.45, 7) is 0.299. The number of rotatable bonds is 8. The minimum atomic E-state index is -0.680. The van der Waals surface area contributed by atoms with Crippen LogP contribution in [0, 0.1) is 5.41 Å². The minimum absolute atomic E-state index is 0.00576. The summed E-state index contributed by atoms with van der Waals surface area (Å²) in [5, 5.41) is 14.0. The van der Waals surface area contributed by atoms with Crippen molar-refractivity contribution in [1.82, 2.24) is 14.9 Å². The maximum Gasteiger partial charge on any atom is 0.294 e. The smallest absolute Gasteiger partial charge is 0.294 e. The molecule has 2 aromatic carbocycles. The second-order valence-electron chi connectivity index (χ2n) is 9.55. The van der Waals surface area contributed by atoms with Crippen LogP contribution in [0.25, 0.3) is 0 Å². The van der Waals surface area contributed by atoms with Gasteiger partial charge in [-0.05, 0) is 43.2 Å². The van der Waals surface area contributed by atoms with E-state index in [2.05, 4.69) is 15.6 Å². The number of nitrogens with two attached hydrogens (primary N) is 1. The van der Waals surface area contributed by atoms with Gasteiger partial charge >= 0.3 is 0 Å². The number of anilines is 1. The molecule has 0 saturated heterocycles. The summed E-state index contributed by atoms with van der Waals surface area (Å²) in [5.41, 5.74) is 8.45. The monoisotopic (exact) mass is 504 g/mol. The summed E-state index contributed by atoms with van der Waals surface area (Å²) >= 11 is 6.67. The number of hydrogen-bond donors (Lipinski definition) is 4. The van der Waals surface area contributed by atoms with Crippen molar-refractivity contribution in [2.24, 2.45) is 5.73 Å². The van der Waals surface area contributed by atoms with Gasteiger partial charge in [-0.2, -0.15) is 0 Å². The van der Waals surface area contributed by atoms with Crippen LogP contribution in [-0.4, -0.2) is 27.3 Å². The van der Waals surface area contributed by atoms with Crippen LogP contribution in [0.15, 0.2) is 59.4 Å². The minimum Gasteiger partial charge on any atom is -0.384 e. The molecule has 1 aromatic heterocycles. The Balaban J connectivity index is 1.42. The van der Waals surface area contributed by atoms with Crippen molar-refractivity contribution in [3.8, 4) is 0 Å². The molecule has 1 saturated carbocycles. The van der Waals surface area contributed by atoms with E-state index in [-0.39, 0.29) is 40.2 Å². The SMILES string of the molecule is N=C(N)c1ccc(CNC(=O)C2CC(Cc3ccccc3)c3c(Cl)nc(NC4CCC4)c(=O)n32)cc1. The first kappa shape index (κ1) is 24.1. The second-order valence-corrected chi connectivity index (χ2v) is 9.91. The molecule has 36 heavy (non-hydrogen) atoms. The van der Waals surface area contributed by atoms with E-state index in [0.29, 0.717) is 30.6 Å². The number of carbonyl (C=O) groups excluding carboxylic acids is 1. The Bertz CT molecular complexity index is 1330. The fourth-order valence-electron chi connectivity index (χ4n) is 4.94. The van der Waals surface area contributed by atoms with Crippen molar-refractivity contribution in [1.29, 1.82) is 5.41 Å². The summed E-state index contributed by atoms with van der Waals surface area (Å²) in [7, 11) is 0. The van der Waals surface area contributed by atoms with E-state index in [1.165, 1.54) is 0 Å². The Morgan fingerprint density at radius 2 is 1.83 bits per heavy atom. The lowest BCUT2D eigenvalue weighted by Gasteiger charge is -2.27. The third-order valence-corrected chi connectivity index (χ3v) is 7.39. The van der Waals surface area contributed by atoms with Crippen molar-refractivity contribution in [2.75, 3.05) is 5.32 Å². The van der Waals surface area contributed by atoms with Gasteiger partial charge in [0.25, 0.3) is 5.56 Å². The standard InChI is InChI=1S/C27H29ClN6O2/c28-23-22-19(13-16-5-2-1-3-6-16)14-21(34(22)27(36)25(33-23)32-20-7-4-8-20)26(35)31-15-17-9-11-18(12-10-17)24(29)30/h1-3,5-6,9-12,19-21H,4,7-8,13-15H2,(H3,29,30)(H,31,35)(H,32,33). The number of hydrogen-bond acceptors (Lipinski definition) is 5. The highest BCUT2D eigenvalue weighted by atomic mass is 35.5. The quantitative estimate of drug-likeness (QED) is 0.274. The van der Waals surface area contributed by atoms with E-state index < -0.39 is 6.04 Å². The number of carbonyl (C=O) groups is 1. The molecule has 9 heteroatoms. The largest absolute Gasteiger partial charge is 0.384 e. The van der Waals surface area contributed by atoms with Gasteiger partial charge in [0, 0.05) is 24.1 Å². The van der Waals surface area contributed by atoms with Crippen molar-refractivity contribution in [3.05, 3.63) is 92.5 Å². The normalized spacial score (nSPS) is 18.8. The second kappa shape index (κ2) is 10.1. The first-order chi connectivity index (χ1) is 17.4. The molecule has 0 bridgehead atoms. The number of fused-ring (bicyclic) bond motifs is 1. The van der Waals surface area contributed by atoms with Crippen LogP contribution < -0.4 is 21.9 Å². The van der Waals surface area contributed by atoms with Gasteiger partial charge in [-0.25, -0.2) is 4.98 Å². The zero-order valence-corrected chi connectivity index (χ0v) is 20.6. The molecule has 0 radical (unpaired) electrons. The van der Waals surface area contributed by atoms with Gasteiger partial charge in [-0.3, -0.25) is 19.6 Å².